The second-order valence-corrected chi connectivity index (χ2v) is 7.28. The molecule has 0 aliphatic carbocycles. The van der Waals surface area contributed by atoms with Gasteiger partial charge in [-0.15, -0.1) is 0 Å². The van der Waals surface area contributed by atoms with Crippen LogP contribution in [0.3, 0.4) is 0 Å². The van der Waals surface area contributed by atoms with E-state index >= 15 is 0 Å². The highest BCUT2D eigenvalue weighted by Gasteiger charge is 2.17. The minimum Gasteiger partial charge on any atom is -0.271 e. The molecule has 0 amide bonds. The molecule has 0 saturated heterocycles. The molecule has 0 fully saturated rings. The highest BCUT2D eigenvalue weighted by atomic mass is 35.9. The molecule has 2 nitrogen and oxygen atoms in total. The molecule has 0 heterocycles. The summed E-state index contributed by atoms with van der Waals surface area (Å²) in [7, 11) is 0. The Balaban J connectivity index is 2.70. The van der Waals surface area contributed by atoms with Gasteiger partial charge in [0.15, 0.2) is 0 Å². The van der Waals surface area contributed by atoms with Gasteiger partial charge in [-0.25, -0.2) is 5.09 Å². The Morgan fingerprint density at radius 2 is 1.85 bits per heavy atom. The highest BCUT2D eigenvalue weighted by Crippen LogP contribution is 2.53. The van der Waals surface area contributed by atoms with Crippen molar-refractivity contribution in [1.82, 2.24) is 5.09 Å². The third-order valence-electron chi connectivity index (χ3n) is 1.64. The first-order valence-electron chi connectivity index (χ1n) is 3.81. The van der Waals surface area contributed by atoms with Crippen LogP contribution in [0.25, 0.3) is 0 Å². The lowest BCUT2D eigenvalue weighted by atomic mass is 10.1. The lowest BCUT2D eigenvalue weighted by Gasteiger charge is -2.13. The van der Waals surface area contributed by atoms with Crippen molar-refractivity contribution in [2.75, 3.05) is 0 Å². The van der Waals surface area contributed by atoms with E-state index in [0.29, 0.717) is 0 Å². The molecule has 0 radical (unpaired) electrons. The molecule has 0 aliphatic heterocycles. The molecule has 1 atom stereocenters. The minimum absolute atomic E-state index is 0.109. The lowest BCUT2D eigenvalue weighted by molar-refractivity contribution is 0.575. The summed E-state index contributed by atoms with van der Waals surface area (Å²) in [5.41, 5.74) is 1.00. The molecular weight excluding hydrogens is 228 g/mol. The smallest absolute Gasteiger partial charge is 0.271 e. The standard InChI is InChI=1S/C8H10Cl2NOP/c1-7(11-13(9,10)12)8-5-3-2-4-6-8/h2-7H,1H3,(H,11,12). The van der Waals surface area contributed by atoms with Crippen LogP contribution in [0.15, 0.2) is 30.3 Å². The van der Waals surface area contributed by atoms with E-state index in [1.165, 1.54) is 0 Å². The second kappa shape index (κ2) is 4.47. The van der Waals surface area contributed by atoms with Crippen LogP contribution in [0.1, 0.15) is 18.5 Å². The quantitative estimate of drug-likeness (QED) is 0.808. The Hall–Kier alpha value is -0.0100. The van der Waals surface area contributed by atoms with Crippen molar-refractivity contribution in [2.24, 2.45) is 0 Å². The van der Waals surface area contributed by atoms with Crippen molar-refractivity contribution in [3.63, 3.8) is 0 Å². The fraction of sp³-hybridized carbons (Fsp3) is 0.250. The van der Waals surface area contributed by atoms with E-state index in [2.05, 4.69) is 5.09 Å². The maximum atomic E-state index is 11.0. The summed E-state index contributed by atoms with van der Waals surface area (Å²) in [6, 6.07) is 9.45. The third-order valence-corrected chi connectivity index (χ3v) is 2.92. The van der Waals surface area contributed by atoms with Crippen LogP contribution in [0, 0.1) is 0 Å². The molecule has 1 unspecified atom stereocenters. The fourth-order valence-corrected chi connectivity index (χ4v) is 2.52. The highest BCUT2D eigenvalue weighted by molar-refractivity contribution is 8.07. The fourth-order valence-electron chi connectivity index (χ4n) is 1.04. The van der Waals surface area contributed by atoms with Crippen LogP contribution in [-0.2, 0) is 4.57 Å². The summed E-state index contributed by atoms with van der Waals surface area (Å²) in [6.45, 7) is 1.85. The summed E-state index contributed by atoms with van der Waals surface area (Å²) >= 11 is 10.8. The molecule has 0 bridgehead atoms. The molecule has 0 saturated carbocycles. The first-order chi connectivity index (χ1) is 5.99. The average Bonchev–Trinajstić information content (AvgIpc) is 2.03. The van der Waals surface area contributed by atoms with Crippen LogP contribution < -0.4 is 5.09 Å². The molecule has 13 heavy (non-hydrogen) atoms. The molecule has 1 aromatic carbocycles. The Kier molecular flexibility index (Phi) is 3.81. The summed E-state index contributed by atoms with van der Waals surface area (Å²) in [5.74, 6) is -3.19. The number of hydrogen-bond donors (Lipinski definition) is 1. The van der Waals surface area contributed by atoms with Gasteiger partial charge in [0, 0.05) is 6.04 Å². The van der Waals surface area contributed by atoms with Gasteiger partial charge in [0.1, 0.15) is 0 Å². The van der Waals surface area contributed by atoms with Gasteiger partial charge in [0.05, 0.1) is 0 Å². The van der Waals surface area contributed by atoms with Crippen LogP contribution in [0.5, 0.6) is 0 Å². The van der Waals surface area contributed by atoms with Gasteiger partial charge in [-0.3, -0.25) is 4.57 Å². The predicted octanol–water partition coefficient (Wildman–Crippen LogP) is 3.92. The van der Waals surface area contributed by atoms with E-state index in [9.17, 15) is 4.57 Å². The zero-order chi connectivity index (χ0) is 9.90. The van der Waals surface area contributed by atoms with Gasteiger partial charge in [-0.1, -0.05) is 30.3 Å². The van der Waals surface area contributed by atoms with Gasteiger partial charge < -0.3 is 0 Å². The van der Waals surface area contributed by atoms with Crippen molar-refractivity contribution in [3.8, 4) is 0 Å². The minimum atomic E-state index is -3.19. The molecule has 5 heteroatoms. The van der Waals surface area contributed by atoms with Crippen LogP contribution >= 0.6 is 28.5 Å². The predicted molar refractivity (Wildman–Crippen MR) is 57.3 cm³/mol. The van der Waals surface area contributed by atoms with Crippen molar-refractivity contribution in [2.45, 2.75) is 13.0 Å². The van der Waals surface area contributed by atoms with E-state index in [4.69, 9.17) is 22.5 Å². The zero-order valence-electron chi connectivity index (χ0n) is 7.08. The Bertz CT molecular complexity index is 311. The summed E-state index contributed by atoms with van der Waals surface area (Å²) < 4.78 is 11.0. The van der Waals surface area contributed by atoms with Gasteiger partial charge in [0.2, 0.25) is 0 Å². The molecule has 1 aromatic rings. The number of hydrogen-bond acceptors (Lipinski definition) is 1. The average molecular weight is 238 g/mol. The first kappa shape index (κ1) is 11.1. The number of halogens is 2. The zero-order valence-corrected chi connectivity index (χ0v) is 9.48. The summed E-state index contributed by atoms with van der Waals surface area (Å²) in [4.78, 5) is 0. The Labute approximate surface area is 87.2 Å². The molecule has 1 rings (SSSR count). The Morgan fingerprint density at radius 1 is 1.31 bits per heavy atom. The lowest BCUT2D eigenvalue weighted by Crippen LogP contribution is -2.10. The van der Waals surface area contributed by atoms with Crippen molar-refractivity contribution >= 4 is 28.5 Å². The Morgan fingerprint density at radius 3 is 2.31 bits per heavy atom. The monoisotopic (exact) mass is 237 g/mol. The van der Waals surface area contributed by atoms with E-state index in [1.54, 1.807) is 0 Å². The molecule has 0 aromatic heterocycles. The maximum Gasteiger partial charge on any atom is 0.320 e. The van der Waals surface area contributed by atoms with E-state index in [0.717, 1.165) is 5.56 Å². The van der Waals surface area contributed by atoms with Gasteiger partial charge in [0.25, 0.3) is 0 Å². The summed E-state index contributed by atoms with van der Waals surface area (Å²) in [6.07, 6.45) is 0. The van der Waals surface area contributed by atoms with E-state index in [1.807, 2.05) is 37.3 Å². The second-order valence-electron chi connectivity index (χ2n) is 2.72. The third kappa shape index (κ3) is 4.15. The number of rotatable bonds is 3. The van der Waals surface area contributed by atoms with Crippen LogP contribution in [0.2, 0.25) is 0 Å². The first-order valence-corrected chi connectivity index (χ1v) is 7.33. The van der Waals surface area contributed by atoms with E-state index in [-0.39, 0.29) is 6.04 Å². The maximum absolute atomic E-state index is 11.0. The molecule has 1 N–H and O–H groups in total. The molecule has 72 valence electrons. The largest absolute Gasteiger partial charge is 0.320 e. The van der Waals surface area contributed by atoms with Crippen molar-refractivity contribution < 1.29 is 4.57 Å². The van der Waals surface area contributed by atoms with Crippen molar-refractivity contribution in [1.29, 1.82) is 0 Å². The molecule has 0 spiro atoms. The normalized spacial score (nSPS) is 14.1. The number of benzene rings is 1. The van der Waals surface area contributed by atoms with Crippen molar-refractivity contribution in [3.05, 3.63) is 35.9 Å². The van der Waals surface area contributed by atoms with Gasteiger partial charge in [-0.05, 0) is 35.0 Å². The molecule has 0 aliphatic rings. The number of nitrogens with one attached hydrogen (secondary N) is 1. The molecular formula is C8H10Cl2NOP. The van der Waals surface area contributed by atoms with Crippen LogP contribution in [-0.4, -0.2) is 0 Å². The van der Waals surface area contributed by atoms with Gasteiger partial charge >= 0.3 is 6.00 Å². The van der Waals surface area contributed by atoms with Crippen LogP contribution in [0.4, 0.5) is 0 Å². The topological polar surface area (TPSA) is 29.1 Å². The van der Waals surface area contributed by atoms with Gasteiger partial charge in [-0.2, -0.15) is 0 Å². The SMILES string of the molecule is CC(NP(=O)(Cl)Cl)c1ccccc1. The van der Waals surface area contributed by atoms with E-state index < -0.39 is 6.00 Å². The summed E-state index contributed by atoms with van der Waals surface area (Å²) in [5, 5.41) is 2.62.